The predicted molar refractivity (Wildman–Crippen MR) is 127 cm³/mol. The fourth-order valence-corrected chi connectivity index (χ4v) is 4.02. The Kier molecular flexibility index (Phi) is 5.31. The van der Waals surface area contributed by atoms with Gasteiger partial charge in [0.15, 0.2) is 0 Å². The minimum atomic E-state index is -4.41. The predicted octanol–water partition coefficient (Wildman–Crippen LogP) is 8.07. The maximum atomic E-state index is 13.2. The van der Waals surface area contributed by atoms with Gasteiger partial charge in [-0.15, -0.1) is 0 Å². The minimum absolute atomic E-state index is 0.250. The summed E-state index contributed by atoms with van der Waals surface area (Å²) in [4.78, 5) is 4.46. The highest BCUT2D eigenvalue weighted by molar-refractivity contribution is 6.08. The van der Waals surface area contributed by atoms with Gasteiger partial charge in [0.25, 0.3) is 0 Å². The Morgan fingerprint density at radius 2 is 1.36 bits per heavy atom. The van der Waals surface area contributed by atoms with Gasteiger partial charge in [0.05, 0.1) is 22.5 Å². The van der Waals surface area contributed by atoms with Gasteiger partial charge < -0.3 is 4.57 Å². The van der Waals surface area contributed by atoms with Crippen LogP contribution < -0.4 is 0 Å². The van der Waals surface area contributed by atoms with E-state index >= 15 is 0 Å². The molecule has 0 saturated carbocycles. The summed E-state index contributed by atoms with van der Waals surface area (Å²) in [7, 11) is 0. The molecule has 2 nitrogen and oxygen atoms in total. The molecule has 0 atom stereocenters. The van der Waals surface area contributed by atoms with Crippen LogP contribution in [0.1, 0.15) is 11.1 Å². The molecular weight excluding hydrogens is 421 g/mol. The molecule has 0 aliphatic heterocycles. The zero-order valence-electron chi connectivity index (χ0n) is 17.5. The molecule has 0 unspecified atom stereocenters. The largest absolute Gasteiger partial charge is 0.416 e. The van der Waals surface area contributed by atoms with Crippen molar-refractivity contribution in [1.82, 2.24) is 4.57 Å². The molecule has 0 radical (unpaired) electrons. The quantitative estimate of drug-likeness (QED) is 0.252. The number of aromatic nitrogens is 1. The van der Waals surface area contributed by atoms with Crippen LogP contribution in [0.5, 0.6) is 0 Å². The minimum Gasteiger partial charge on any atom is -0.309 e. The lowest BCUT2D eigenvalue weighted by molar-refractivity contribution is -0.137. The van der Waals surface area contributed by atoms with Crippen LogP contribution in [0, 0.1) is 0 Å². The summed E-state index contributed by atoms with van der Waals surface area (Å²) in [6, 6.07) is 33.0. The van der Waals surface area contributed by atoms with Crippen molar-refractivity contribution in [3.8, 4) is 16.9 Å². The van der Waals surface area contributed by atoms with Gasteiger partial charge in [0.2, 0.25) is 0 Å². The molecule has 0 saturated heterocycles. The Balaban J connectivity index is 1.75. The van der Waals surface area contributed by atoms with Gasteiger partial charge in [0, 0.05) is 22.9 Å². The van der Waals surface area contributed by atoms with E-state index in [-0.39, 0.29) is 5.69 Å². The SMILES string of the molecule is FC(F)(F)c1cccc(N=Cc2c(-c3ccccc3)n(-c3ccccc3)c3ccccc23)c1. The second-order valence-corrected chi connectivity index (χ2v) is 7.62. The number of hydrogen-bond donors (Lipinski definition) is 0. The van der Waals surface area contributed by atoms with Crippen molar-refractivity contribution in [1.29, 1.82) is 0 Å². The number of para-hydroxylation sites is 2. The first-order valence-electron chi connectivity index (χ1n) is 10.5. The monoisotopic (exact) mass is 440 g/mol. The molecule has 0 aliphatic carbocycles. The molecule has 0 fully saturated rings. The second-order valence-electron chi connectivity index (χ2n) is 7.62. The molecule has 5 rings (SSSR count). The van der Waals surface area contributed by atoms with Gasteiger partial charge in [-0.25, -0.2) is 0 Å². The van der Waals surface area contributed by atoms with E-state index < -0.39 is 11.7 Å². The molecule has 1 heterocycles. The number of rotatable bonds is 4. The van der Waals surface area contributed by atoms with E-state index in [2.05, 4.69) is 9.56 Å². The van der Waals surface area contributed by atoms with Crippen LogP contribution in [0.2, 0.25) is 0 Å². The van der Waals surface area contributed by atoms with E-state index in [1.807, 2.05) is 84.9 Å². The van der Waals surface area contributed by atoms with Crippen LogP contribution in [0.15, 0.2) is 114 Å². The summed E-state index contributed by atoms with van der Waals surface area (Å²) in [5, 5.41) is 0.968. The van der Waals surface area contributed by atoms with Gasteiger partial charge in [-0.05, 0) is 42.0 Å². The van der Waals surface area contributed by atoms with Crippen LogP contribution in [-0.4, -0.2) is 10.8 Å². The average molecular weight is 440 g/mol. The highest BCUT2D eigenvalue weighted by Gasteiger charge is 2.30. The zero-order chi connectivity index (χ0) is 22.8. The second kappa shape index (κ2) is 8.43. The van der Waals surface area contributed by atoms with Crippen molar-refractivity contribution < 1.29 is 13.2 Å². The van der Waals surface area contributed by atoms with Gasteiger partial charge in [0.1, 0.15) is 0 Å². The van der Waals surface area contributed by atoms with Crippen molar-refractivity contribution in [2.75, 3.05) is 0 Å². The van der Waals surface area contributed by atoms with Crippen LogP contribution in [-0.2, 0) is 6.18 Å². The highest BCUT2D eigenvalue weighted by atomic mass is 19.4. The molecule has 0 bridgehead atoms. The first kappa shape index (κ1) is 20.8. The van der Waals surface area contributed by atoms with Crippen molar-refractivity contribution >= 4 is 22.8 Å². The van der Waals surface area contributed by atoms with Gasteiger partial charge in [-0.1, -0.05) is 72.8 Å². The molecule has 1 aromatic heterocycles. The first-order chi connectivity index (χ1) is 16.0. The summed E-state index contributed by atoms with van der Waals surface area (Å²) in [5.41, 5.74) is 4.28. The van der Waals surface area contributed by atoms with Crippen molar-refractivity contribution in [3.63, 3.8) is 0 Å². The van der Waals surface area contributed by atoms with Gasteiger partial charge >= 0.3 is 6.18 Å². The standard InChI is InChI=1S/C28H19F3N2/c29-28(30,31)21-12-9-13-22(18-21)32-19-25-24-16-7-8-17-26(24)33(23-14-5-2-6-15-23)27(25)20-10-3-1-4-11-20/h1-19H. The van der Waals surface area contributed by atoms with E-state index in [0.717, 1.165) is 45.5 Å². The molecule has 0 aliphatic rings. The Bertz CT molecular complexity index is 1430. The third-order valence-electron chi connectivity index (χ3n) is 5.49. The van der Waals surface area contributed by atoms with Crippen molar-refractivity contribution in [2.24, 2.45) is 4.99 Å². The Labute approximate surface area is 189 Å². The summed E-state index contributed by atoms with van der Waals surface area (Å²) < 4.78 is 41.6. The Morgan fingerprint density at radius 3 is 2.09 bits per heavy atom. The average Bonchev–Trinajstić information content (AvgIpc) is 3.18. The van der Waals surface area contributed by atoms with E-state index in [0.29, 0.717) is 0 Å². The lowest BCUT2D eigenvalue weighted by Gasteiger charge is -2.12. The van der Waals surface area contributed by atoms with Crippen molar-refractivity contribution in [2.45, 2.75) is 6.18 Å². The maximum Gasteiger partial charge on any atom is 0.416 e. The van der Waals surface area contributed by atoms with Crippen molar-refractivity contribution in [3.05, 3.63) is 120 Å². The number of halogens is 3. The molecular formula is C28H19F3N2. The molecule has 0 amide bonds. The van der Waals surface area contributed by atoms with E-state index in [1.165, 1.54) is 6.07 Å². The molecule has 33 heavy (non-hydrogen) atoms. The smallest absolute Gasteiger partial charge is 0.309 e. The van der Waals surface area contributed by atoms with Gasteiger partial charge in [-0.2, -0.15) is 13.2 Å². The molecule has 5 aromatic rings. The Morgan fingerprint density at radius 1 is 0.697 bits per heavy atom. The summed E-state index contributed by atoms with van der Waals surface area (Å²) in [6.07, 6.45) is -2.75. The molecule has 4 aromatic carbocycles. The number of hydrogen-bond acceptors (Lipinski definition) is 1. The number of aliphatic imine (C=N–C) groups is 1. The van der Waals surface area contributed by atoms with Gasteiger partial charge in [-0.3, -0.25) is 4.99 Å². The maximum absolute atomic E-state index is 13.2. The fourth-order valence-electron chi connectivity index (χ4n) is 4.02. The number of benzene rings is 4. The number of alkyl halides is 3. The van der Waals surface area contributed by atoms with E-state index in [1.54, 1.807) is 12.3 Å². The third-order valence-corrected chi connectivity index (χ3v) is 5.49. The van der Waals surface area contributed by atoms with Crippen LogP contribution >= 0.6 is 0 Å². The summed E-state index contributed by atoms with van der Waals surface area (Å²) in [6.45, 7) is 0. The van der Waals surface area contributed by atoms with Crippen LogP contribution in [0.4, 0.5) is 18.9 Å². The number of nitrogens with zero attached hydrogens (tertiary/aromatic N) is 2. The highest BCUT2D eigenvalue weighted by Crippen LogP contribution is 2.36. The summed E-state index contributed by atoms with van der Waals surface area (Å²) in [5.74, 6) is 0. The van der Waals surface area contributed by atoms with Crippen LogP contribution in [0.3, 0.4) is 0 Å². The lowest BCUT2D eigenvalue weighted by Crippen LogP contribution is -2.03. The van der Waals surface area contributed by atoms with Crippen LogP contribution in [0.25, 0.3) is 27.8 Å². The van der Waals surface area contributed by atoms with E-state index in [9.17, 15) is 13.2 Å². The Hall–Kier alpha value is -4.12. The summed E-state index contributed by atoms with van der Waals surface area (Å²) >= 11 is 0. The molecule has 0 N–H and O–H groups in total. The number of fused-ring (bicyclic) bond motifs is 1. The third kappa shape index (κ3) is 4.05. The normalized spacial score (nSPS) is 12.0. The topological polar surface area (TPSA) is 17.3 Å². The zero-order valence-corrected chi connectivity index (χ0v) is 17.5. The first-order valence-corrected chi connectivity index (χ1v) is 10.5. The van der Waals surface area contributed by atoms with E-state index in [4.69, 9.17) is 0 Å². The molecule has 162 valence electrons. The molecule has 5 heteroatoms. The fraction of sp³-hybridized carbons (Fsp3) is 0.0357. The molecule has 0 spiro atoms. The lowest BCUT2D eigenvalue weighted by atomic mass is 10.1.